The first-order chi connectivity index (χ1) is 12.9. The molecule has 1 amide bonds. The minimum absolute atomic E-state index is 0.0672. The molecule has 1 aromatic carbocycles. The highest BCUT2D eigenvalue weighted by molar-refractivity contribution is 9.10. The summed E-state index contributed by atoms with van der Waals surface area (Å²) < 4.78 is 35.9. The van der Waals surface area contributed by atoms with Crippen molar-refractivity contribution in [2.45, 2.75) is 39.0 Å². The van der Waals surface area contributed by atoms with Gasteiger partial charge in [-0.2, -0.15) is 8.78 Å². The van der Waals surface area contributed by atoms with Crippen molar-refractivity contribution in [3.05, 3.63) is 51.9 Å². The Bertz CT molecular complexity index is 789. The van der Waals surface area contributed by atoms with E-state index in [4.69, 9.17) is 4.42 Å². The van der Waals surface area contributed by atoms with Crippen molar-refractivity contribution in [2.24, 2.45) is 0 Å². The monoisotopic (exact) mass is 442 g/mol. The number of carbonyl (C=O) groups is 1. The summed E-state index contributed by atoms with van der Waals surface area (Å²) >= 11 is 3.37. The summed E-state index contributed by atoms with van der Waals surface area (Å²) in [5.74, 6) is 0.341. The summed E-state index contributed by atoms with van der Waals surface area (Å²) in [4.78, 5) is 14.4. The third-order valence-electron chi connectivity index (χ3n) is 4.62. The molecule has 2 heterocycles. The van der Waals surface area contributed by atoms with Gasteiger partial charge in [0, 0.05) is 41.3 Å². The highest BCUT2D eigenvalue weighted by Crippen LogP contribution is 2.27. The van der Waals surface area contributed by atoms with E-state index in [0.717, 1.165) is 36.0 Å². The lowest BCUT2D eigenvalue weighted by Gasteiger charge is -2.32. The number of rotatable bonds is 6. The number of alkyl halides is 2. The number of likely N-dealkylation sites (tertiary alicyclic amines) is 1. The van der Waals surface area contributed by atoms with Crippen LogP contribution in [-0.2, 0) is 6.54 Å². The van der Waals surface area contributed by atoms with E-state index in [1.165, 1.54) is 6.26 Å². The van der Waals surface area contributed by atoms with E-state index in [1.807, 2.05) is 6.92 Å². The van der Waals surface area contributed by atoms with Gasteiger partial charge in [-0.05, 0) is 44.0 Å². The Morgan fingerprint density at radius 2 is 2.11 bits per heavy atom. The van der Waals surface area contributed by atoms with Gasteiger partial charge in [0.25, 0.3) is 5.91 Å². The molecule has 1 saturated heterocycles. The molecule has 146 valence electrons. The zero-order chi connectivity index (χ0) is 19.4. The third-order valence-corrected chi connectivity index (χ3v) is 5.12. The van der Waals surface area contributed by atoms with Crippen molar-refractivity contribution in [2.75, 3.05) is 13.1 Å². The summed E-state index contributed by atoms with van der Waals surface area (Å²) in [5.41, 5.74) is 1.52. The molecule has 1 aliphatic heterocycles. The molecule has 0 spiro atoms. The van der Waals surface area contributed by atoms with E-state index < -0.39 is 6.61 Å². The Morgan fingerprint density at radius 1 is 1.37 bits per heavy atom. The Hall–Kier alpha value is -1.93. The topological polar surface area (TPSA) is 54.7 Å². The third kappa shape index (κ3) is 5.29. The second-order valence-corrected chi connectivity index (χ2v) is 7.50. The van der Waals surface area contributed by atoms with Crippen LogP contribution in [0.15, 0.2) is 39.4 Å². The molecule has 1 aromatic heterocycles. The fourth-order valence-corrected chi connectivity index (χ4v) is 3.62. The van der Waals surface area contributed by atoms with Gasteiger partial charge in [0.2, 0.25) is 0 Å². The van der Waals surface area contributed by atoms with Crippen LogP contribution < -0.4 is 10.1 Å². The Kier molecular flexibility index (Phi) is 6.49. The molecule has 0 atom stereocenters. The number of nitrogens with zero attached hydrogens (tertiary/aromatic N) is 1. The molecule has 0 aliphatic carbocycles. The molecule has 1 N–H and O–H groups in total. The number of nitrogens with one attached hydrogen (secondary N) is 1. The minimum atomic E-state index is -2.85. The van der Waals surface area contributed by atoms with Crippen LogP contribution in [0.1, 0.15) is 34.5 Å². The van der Waals surface area contributed by atoms with Gasteiger partial charge in [-0.15, -0.1) is 0 Å². The molecule has 5 nitrogen and oxygen atoms in total. The van der Waals surface area contributed by atoms with Crippen molar-refractivity contribution in [3.8, 4) is 5.75 Å². The van der Waals surface area contributed by atoms with Crippen LogP contribution in [0.2, 0.25) is 0 Å². The molecule has 1 fully saturated rings. The number of furan rings is 1. The molecule has 0 saturated carbocycles. The first-order valence-corrected chi connectivity index (χ1v) is 9.52. The van der Waals surface area contributed by atoms with Gasteiger partial charge in [-0.1, -0.05) is 15.9 Å². The Labute approximate surface area is 164 Å². The fraction of sp³-hybridized carbons (Fsp3) is 0.421. The second-order valence-electron chi connectivity index (χ2n) is 6.59. The maximum Gasteiger partial charge on any atom is 0.387 e. The number of hydrogen-bond donors (Lipinski definition) is 1. The van der Waals surface area contributed by atoms with Crippen LogP contribution in [0.5, 0.6) is 5.75 Å². The summed E-state index contributed by atoms with van der Waals surface area (Å²) in [5, 5.41) is 3.00. The summed E-state index contributed by atoms with van der Waals surface area (Å²) in [7, 11) is 0. The SMILES string of the molecule is Cc1ccoc1C(=O)NC1CCN(Cc2cc(Br)ccc2OC(F)F)CC1. The first-order valence-electron chi connectivity index (χ1n) is 8.73. The largest absolute Gasteiger partial charge is 0.459 e. The molecule has 1 aliphatic rings. The number of piperidine rings is 1. The highest BCUT2D eigenvalue weighted by atomic mass is 79.9. The van der Waals surface area contributed by atoms with Crippen LogP contribution in [0.4, 0.5) is 8.78 Å². The highest BCUT2D eigenvalue weighted by Gasteiger charge is 2.24. The van der Waals surface area contributed by atoms with E-state index in [9.17, 15) is 13.6 Å². The summed E-state index contributed by atoms with van der Waals surface area (Å²) in [6.45, 7) is 0.999. The Balaban J connectivity index is 1.55. The maximum atomic E-state index is 12.6. The van der Waals surface area contributed by atoms with Crippen LogP contribution in [-0.4, -0.2) is 36.5 Å². The van der Waals surface area contributed by atoms with Gasteiger partial charge in [0.15, 0.2) is 5.76 Å². The van der Waals surface area contributed by atoms with Crippen LogP contribution in [0.3, 0.4) is 0 Å². The smallest absolute Gasteiger partial charge is 0.387 e. The quantitative estimate of drug-likeness (QED) is 0.722. The minimum Gasteiger partial charge on any atom is -0.459 e. The molecular weight excluding hydrogens is 422 g/mol. The van der Waals surface area contributed by atoms with Crippen molar-refractivity contribution < 1.29 is 22.7 Å². The van der Waals surface area contributed by atoms with Gasteiger partial charge in [0.1, 0.15) is 5.75 Å². The number of ether oxygens (including phenoxy) is 1. The first kappa shape index (κ1) is 19.8. The van der Waals surface area contributed by atoms with Crippen LogP contribution in [0, 0.1) is 6.92 Å². The van der Waals surface area contributed by atoms with E-state index in [0.29, 0.717) is 17.9 Å². The molecule has 0 bridgehead atoms. The average Bonchev–Trinajstić information content (AvgIpc) is 3.05. The normalized spacial score (nSPS) is 15.9. The molecule has 0 radical (unpaired) electrons. The molecule has 8 heteroatoms. The van der Waals surface area contributed by atoms with Gasteiger partial charge in [-0.25, -0.2) is 0 Å². The van der Waals surface area contributed by atoms with Crippen LogP contribution >= 0.6 is 15.9 Å². The lowest BCUT2D eigenvalue weighted by atomic mass is 10.0. The van der Waals surface area contributed by atoms with Crippen molar-refractivity contribution in [1.29, 1.82) is 0 Å². The van der Waals surface area contributed by atoms with Crippen molar-refractivity contribution >= 4 is 21.8 Å². The lowest BCUT2D eigenvalue weighted by Crippen LogP contribution is -2.44. The molecule has 2 aromatic rings. The maximum absolute atomic E-state index is 12.6. The average molecular weight is 443 g/mol. The number of halogens is 3. The Morgan fingerprint density at radius 3 is 2.74 bits per heavy atom. The molecular formula is C19H21BrF2N2O3. The number of hydrogen-bond acceptors (Lipinski definition) is 4. The van der Waals surface area contributed by atoms with Gasteiger partial charge < -0.3 is 14.5 Å². The van der Waals surface area contributed by atoms with Gasteiger partial charge >= 0.3 is 6.61 Å². The second kappa shape index (κ2) is 8.84. The fourth-order valence-electron chi connectivity index (χ4n) is 3.22. The van der Waals surface area contributed by atoms with Crippen molar-refractivity contribution in [1.82, 2.24) is 10.2 Å². The number of aryl methyl sites for hydroxylation is 1. The zero-order valence-electron chi connectivity index (χ0n) is 14.9. The van der Waals surface area contributed by atoms with E-state index in [2.05, 4.69) is 30.9 Å². The number of carbonyl (C=O) groups excluding carboxylic acids is 1. The standard InChI is InChI=1S/C19H21BrF2N2O3/c1-12-6-9-26-17(12)18(25)23-15-4-7-24(8-5-15)11-13-10-14(20)2-3-16(13)27-19(21)22/h2-3,6,9-10,15,19H,4-5,7-8,11H2,1H3,(H,23,25). The van der Waals surface area contributed by atoms with Crippen LogP contribution in [0.25, 0.3) is 0 Å². The predicted octanol–water partition coefficient (Wildman–Crippen LogP) is 4.35. The predicted molar refractivity (Wildman–Crippen MR) is 100.0 cm³/mol. The van der Waals surface area contributed by atoms with Crippen molar-refractivity contribution in [3.63, 3.8) is 0 Å². The lowest BCUT2D eigenvalue weighted by molar-refractivity contribution is -0.0508. The zero-order valence-corrected chi connectivity index (χ0v) is 16.5. The van der Waals surface area contributed by atoms with Gasteiger partial charge in [0.05, 0.1) is 6.26 Å². The number of amides is 1. The van der Waals surface area contributed by atoms with Gasteiger partial charge in [-0.3, -0.25) is 9.69 Å². The summed E-state index contributed by atoms with van der Waals surface area (Å²) in [6, 6.07) is 6.85. The molecule has 0 unspecified atom stereocenters. The molecule has 27 heavy (non-hydrogen) atoms. The summed E-state index contributed by atoms with van der Waals surface area (Å²) in [6.07, 6.45) is 3.07. The van der Waals surface area contributed by atoms with E-state index >= 15 is 0 Å². The molecule has 3 rings (SSSR count). The van der Waals surface area contributed by atoms with E-state index in [-0.39, 0.29) is 17.7 Å². The number of benzene rings is 1. The van der Waals surface area contributed by atoms with E-state index in [1.54, 1.807) is 24.3 Å².